The number of amides is 1. The average Bonchev–Trinajstić information content (AvgIpc) is 2.38. The first-order chi connectivity index (χ1) is 9.47. The van der Waals surface area contributed by atoms with E-state index in [4.69, 9.17) is 27.8 Å². The molecule has 0 unspecified atom stereocenters. The quantitative estimate of drug-likeness (QED) is 0.825. The van der Waals surface area contributed by atoms with E-state index in [1.165, 1.54) is 6.07 Å². The summed E-state index contributed by atoms with van der Waals surface area (Å²) in [5, 5.41) is 0.428. The van der Waals surface area contributed by atoms with Crippen LogP contribution in [0.3, 0.4) is 0 Å². The maximum atomic E-state index is 11.0. The Morgan fingerprint density at radius 1 is 1.25 bits per heavy atom. The monoisotopic (exact) mass is 354 g/mol. The average molecular weight is 356 g/mol. The van der Waals surface area contributed by atoms with Crippen LogP contribution in [0, 0.1) is 0 Å². The summed E-state index contributed by atoms with van der Waals surface area (Å²) < 4.78 is 6.49. The van der Waals surface area contributed by atoms with Crippen LogP contribution in [0.1, 0.15) is 15.9 Å². The van der Waals surface area contributed by atoms with Crippen molar-refractivity contribution in [2.24, 2.45) is 5.73 Å². The van der Waals surface area contributed by atoms with Crippen molar-refractivity contribution in [3.63, 3.8) is 0 Å². The number of halogens is 2. The van der Waals surface area contributed by atoms with Gasteiger partial charge in [0.25, 0.3) is 0 Å². The number of hydrogen-bond donors (Lipinski definition) is 2. The highest BCUT2D eigenvalue weighted by molar-refractivity contribution is 9.10. The summed E-state index contributed by atoms with van der Waals surface area (Å²) in [4.78, 5) is 11.0. The molecule has 0 saturated carbocycles. The van der Waals surface area contributed by atoms with Gasteiger partial charge >= 0.3 is 0 Å². The first-order valence-corrected chi connectivity index (χ1v) is 6.90. The van der Waals surface area contributed by atoms with E-state index >= 15 is 0 Å². The predicted octanol–water partition coefficient (Wildman–Crippen LogP) is 3.36. The number of anilines is 1. The molecule has 1 amide bonds. The van der Waals surface area contributed by atoms with Gasteiger partial charge < -0.3 is 16.2 Å². The van der Waals surface area contributed by atoms with E-state index in [1.54, 1.807) is 24.3 Å². The van der Waals surface area contributed by atoms with Crippen LogP contribution in [0.5, 0.6) is 5.75 Å². The minimum atomic E-state index is -0.517. The summed E-state index contributed by atoms with van der Waals surface area (Å²) in [7, 11) is 0. The van der Waals surface area contributed by atoms with E-state index in [1.807, 2.05) is 6.07 Å². The molecule has 0 aliphatic heterocycles. The fourth-order valence-electron chi connectivity index (χ4n) is 1.62. The zero-order chi connectivity index (χ0) is 14.7. The number of rotatable bonds is 4. The van der Waals surface area contributed by atoms with Crippen LogP contribution < -0.4 is 16.2 Å². The lowest BCUT2D eigenvalue weighted by Crippen LogP contribution is -2.11. The van der Waals surface area contributed by atoms with Crippen molar-refractivity contribution in [2.75, 3.05) is 5.73 Å². The number of carbonyl (C=O) groups excluding carboxylic acids is 1. The minimum Gasteiger partial charge on any atom is -0.487 e. The Bertz CT molecular complexity index is 662. The molecule has 0 aromatic heterocycles. The molecule has 0 fully saturated rings. The maximum Gasteiger partial charge on any atom is 0.248 e. The Labute approximate surface area is 129 Å². The summed E-state index contributed by atoms with van der Waals surface area (Å²) in [6.07, 6.45) is 0. The fourth-order valence-corrected chi connectivity index (χ4v) is 2.24. The lowest BCUT2D eigenvalue weighted by atomic mass is 10.1. The minimum absolute atomic E-state index is 0.254. The number of benzene rings is 2. The first kappa shape index (κ1) is 14.7. The molecular formula is C14H12BrClN2O2. The van der Waals surface area contributed by atoms with Crippen molar-refractivity contribution in [1.29, 1.82) is 0 Å². The summed E-state index contributed by atoms with van der Waals surface area (Å²) in [5.74, 6) is 0.0553. The topological polar surface area (TPSA) is 78.3 Å². The Balaban J connectivity index is 2.13. The van der Waals surface area contributed by atoms with Crippen molar-refractivity contribution in [3.05, 3.63) is 57.0 Å². The molecule has 20 heavy (non-hydrogen) atoms. The molecule has 0 bridgehead atoms. The van der Waals surface area contributed by atoms with Crippen LogP contribution in [0.25, 0.3) is 0 Å². The third-order valence-corrected chi connectivity index (χ3v) is 3.54. The van der Waals surface area contributed by atoms with Crippen LogP contribution in [0.4, 0.5) is 5.69 Å². The fraction of sp³-hybridized carbons (Fsp3) is 0.0714. The first-order valence-electron chi connectivity index (χ1n) is 5.73. The Hall–Kier alpha value is -1.72. The van der Waals surface area contributed by atoms with Gasteiger partial charge in [-0.2, -0.15) is 0 Å². The molecule has 0 spiro atoms. The Morgan fingerprint density at radius 3 is 2.60 bits per heavy atom. The summed E-state index contributed by atoms with van der Waals surface area (Å²) in [6, 6.07) is 10.2. The third-order valence-electron chi connectivity index (χ3n) is 2.69. The lowest BCUT2D eigenvalue weighted by molar-refractivity contribution is 0.1000. The van der Waals surface area contributed by atoms with Crippen LogP contribution in [0.2, 0.25) is 5.02 Å². The number of nitrogen functional groups attached to an aromatic ring is 1. The number of nitrogens with two attached hydrogens (primary N) is 2. The number of carbonyl (C=O) groups is 1. The summed E-state index contributed by atoms with van der Waals surface area (Å²) in [6.45, 7) is 0.254. The lowest BCUT2D eigenvalue weighted by Gasteiger charge is -2.10. The number of ether oxygens (including phenoxy) is 1. The van der Waals surface area contributed by atoms with Gasteiger partial charge in [0.05, 0.1) is 5.69 Å². The van der Waals surface area contributed by atoms with Crippen molar-refractivity contribution in [1.82, 2.24) is 0 Å². The summed E-state index contributed by atoms with van der Waals surface area (Å²) >= 11 is 9.40. The second-order valence-corrected chi connectivity index (χ2v) is 5.46. The molecule has 4 N–H and O–H groups in total. The molecule has 0 atom stereocenters. The van der Waals surface area contributed by atoms with Gasteiger partial charge in [-0.05, 0) is 30.3 Å². The van der Waals surface area contributed by atoms with Gasteiger partial charge in [-0.25, -0.2) is 0 Å². The highest BCUT2D eigenvalue weighted by Gasteiger charge is 2.07. The Kier molecular flexibility index (Phi) is 4.52. The maximum absolute atomic E-state index is 11.0. The van der Waals surface area contributed by atoms with Crippen LogP contribution in [0.15, 0.2) is 40.9 Å². The van der Waals surface area contributed by atoms with Crippen LogP contribution >= 0.6 is 27.5 Å². The van der Waals surface area contributed by atoms with Gasteiger partial charge in [-0.1, -0.05) is 33.6 Å². The van der Waals surface area contributed by atoms with Crippen molar-refractivity contribution in [2.45, 2.75) is 6.61 Å². The predicted molar refractivity (Wildman–Crippen MR) is 82.9 cm³/mol. The van der Waals surface area contributed by atoms with Crippen molar-refractivity contribution in [3.8, 4) is 5.75 Å². The highest BCUT2D eigenvalue weighted by atomic mass is 79.9. The largest absolute Gasteiger partial charge is 0.487 e. The zero-order valence-corrected chi connectivity index (χ0v) is 12.7. The molecule has 2 aromatic carbocycles. The molecule has 0 saturated heterocycles. The van der Waals surface area contributed by atoms with Gasteiger partial charge in [0.2, 0.25) is 5.91 Å². The van der Waals surface area contributed by atoms with Gasteiger partial charge in [-0.15, -0.1) is 0 Å². The van der Waals surface area contributed by atoms with E-state index in [-0.39, 0.29) is 6.61 Å². The summed E-state index contributed by atoms with van der Waals surface area (Å²) in [5.41, 5.74) is 12.7. The standard InChI is InChI=1S/C14H12BrClN2O2/c15-10-3-4-13(12(17)6-10)20-7-9-2-1-8(14(18)19)5-11(9)16/h1-6H,7,17H2,(H2,18,19). The van der Waals surface area contributed by atoms with Crippen LogP contribution in [-0.2, 0) is 6.61 Å². The molecule has 0 heterocycles. The SMILES string of the molecule is NC(=O)c1ccc(COc2ccc(Br)cc2N)c(Cl)c1. The van der Waals surface area contributed by atoms with Crippen molar-refractivity contribution >= 4 is 39.1 Å². The molecular weight excluding hydrogens is 344 g/mol. The molecule has 104 valence electrons. The third kappa shape index (κ3) is 3.43. The van der Waals surface area contributed by atoms with E-state index in [0.29, 0.717) is 22.0 Å². The van der Waals surface area contributed by atoms with E-state index in [2.05, 4.69) is 15.9 Å². The molecule has 0 radical (unpaired) electrons. The number of hydrogen-bond acceptors (Lipinski definition) is 3. The molecule has 2 aromatic rings. The highest BCUT2D eigenvalue weighted by Crippen LogP contribution is 2.27. The smallest absolute Gasteiger partial charge is 0.248 e. The van der Waals surface area contributed by atoms with E-state index < -0.39 is 5.91 Å². The molecule has 6 heteroatoms. The normalized spacial score (nSPS) is 10.3. The molecule has 0 aliphatic carbocycles. The van der Waals surface area contributed by atoms with Crippen molar-refractivity contribution < 1.29 is 9.53 Å². The van der Waals surface area contributed by atoms with Gasteiger partial charge in [-0.3, -0.25) is 4.79 Å². The molecule has 0 aliphatic rings. The second-order valence-electron chi connectivity index (χ2n) is 4.14. The van der Waals surface area contributed by atoms with E-state index in [0.717, 1.165) is 10.0 Å². The Morgan fingerprint density at radius 2 is 2.00 bits per heavy atom. The van der Waals surface area contributed by atoms with Gasteiger partial charge in [0.1, 0.15) is 12.4 Å². The number of primary amides is 1. The van der Waals surface area contributed by atoms with Crippen LogP contribution in [-0.4, -0.2) is 5.91 Å². The van der Waals surface area contributed by atoms with Gasteiger partial charge in [0.15, 0.2) is 0 Å². The van der Waals surface area contributed by atoms with E-state index in [9.17, 15) is 4.79 Å². The molecule has 4 nitrogen and oxygen atoms in total. The second kappa shape index (κ2) is 6.15. The zero-order valence-electron chi connectivity index (χ0n) is 10.4. The van der Waals surface area contributed by atoms with Gasteiger partial charge in [0, 0.05) is 20.6 Å². The molecule has 2 rings (SSSR count).